The van der Waals surface area contributed by atoms with Gasteiger partial charge in [0.25, 0.3) is 0 Å². The molecule has 2 aliphatic rings. The van der Waals surface area contributed by atoms with Gasteiger partial charge >= 0.3 is 0 Å². The summed E-state index contributed by atoms with van der Waals surface area (Å²) >= 11 is 0. The van der Waals surface area contributed by atoms with Gasteiger partial charge in [0.15, 0.2) is 0 Å². The highest BCUT2D eigenvalue weighted by Crippen LogP contribution is 2.31. The first kappa shape index (κ1) is 32.6. The van der Waals surface area contributed by atoms with Crippen LogP contribution in [0, 0.1) is 0 Å². The van der Waals surface area contributed by atoms with Gasteiger partial charge in [-0.1, -0.05) is 38.1 Å². The molecular weight excluding hydrogens is 558 g/mol. The van der Waals surface area contributed by atoms with Crippen LogP contribution in [-0.4, -0.2) is 116 Å². The van der Waals surface area contributed by atoms with Crippen molar-refractivity contribution in [1.29, 1.82) is 0 Å². The van der Waals surface area contributed by atoms with Crippen LogP contribution in [-0.2, 0) is 20.7 Å². The molecule has 0 spiro atoms. The third-order valence-electron chi connectivity index (χ3n) is 7.68. The summed E-state index contributed by atoms with van der Waals surface area (Å²) in [6.45, 7) is 9.51. The number of hydrogen-bond donors (Lipinski definition) is 7. The van der Waals surface area contributed by atoms with Crippen LogP contribution in [0.1, 0.15) is 56.0 Å². The van der Waals surface area contributed by atoms with Gasteiger partial charge in [-0.25, -0.2) is 0 Å². The number of piperazine rings is 1. The quantitative estimate of drug-likeness (QED) is 0.177. The summed E-state index contributed by atoms with van der Waals surface area (Å²) in [4.78, 5) is 27.2. The number of carbonyl (C=O) groups is 2. The van der Waals surface area contributed by atoms with Crippen LogP contribution in [0.4, 0.5) is 0 Å². The van der Waals surface area contributed by atoms with E-state index in [0.717, 1.165) is 35.5 Å². The van der Waals surface area contributed by atoms with Crippen molar-refractivity contribution in [3.63, 3.8) is 0 Å². The molecule has 1 aromatic carbocycles. The maximum absolute atomic E-state index is 12.9. The van der Waals surface area contributed by atoms with Crippen molar-refractivity contribution >= 4 is 17.9 Å². The number of benzene rings is 1. The third kappa shape index (κ3) is 7.80. The Morgan fingerprint density at radius 2 is 1.81 bits per heavy atom. The summed E-state index contributed by atoms with van der Waals surface area (Å²) < 4.78 is 11.3. The van der Waals surface area contributed by atoms with E-state index in [1.165, 1.54) is 6.08 Å². The number of aromatic nitrogens is 2. The molecule has 0 aliphatic carbocycles. The largest absolute Gasteiger partial charge is 0.443 e. The standard InChI is InChI=1S/C30H43N5O8/c1-17(2)23-20(27(34-33-23)43-28-26(40)25(39)24(38)21(16-36)42-28)15-19-7-5-18(6-8-19)9-10-22(37)32-30(3,4)29(41)35-13-11-31-12-14-35/h5-10,17,21,24-26,28,31,36,38-40H,11-16H2,1-4H3,(H,32,37)(H,33,34)/t21-,24-,25+,26-,28+/m1/s1. The molecule has 2 amide bonds. The van der Waals surface area contributed by atoms with Crippen molar-refractivity contribution in [1.82, 2.24) is 25.7 Å². The molecular formula is C30H43N5O8. The van der Waals surface area contributed by atoms with Crippen molar-refractivity contribution in [2.24, 2.45) is 0 Å². The molecule has 5 atom stereocenters. The molecule has 236 valence electrons. The van der Waals surface area contributed by atoms with Gasteiger partial charge < -0.3 is 45.4 Å². The zero-order valence-electron chi connectivity index (χ0n) is 25.0. The van der Waals surface area contributed by atoms with Crippen molar-refractivity contribution in [2.45, 2.75) is 76.3 Å². The minimum atomic E-state index is -1.57. The summed E-state index contributed by atoms with van der Waals surface area (Å²) in [7, 11) is 0. The summed E-state index contributed by atoms with van der Waals surface area (Å²) in [5.41, 5.74) is 2.23. The van der Waals surface area contributed by atoms with Crippen LogP contribution in [0.2, 0.25) is 0 Å². The minimum Gasteiger partial charge on any atom is -0.443 e. The van der Waals surface area contributed by atoms with Crippen LogP contribution in [0.5, 0.6) is 5.88 Å². The first-order valence-corrected chi connectivity index (χ1v) is 14.5. The Kier molecular flexibility index (Phi) is 10.6. The van der Waals surface area contributed by atoms with Crippen LogP contribution < -0.4 is 15.4 Å². The molecule has 0 saturated carbocycles. The van der Waals surface area contributed by atoms with Gasteiger partial charge in [0.1, 0.15) is 30.0 Å². The SMILES string of the molecule is CC(C)c1[nH]nc(O[C@@H]2O[C@H](CO)[C@@H](O)[C@H](O)[C@H]2O)c1Cc1ccc(C=CC(=O)NC(C)(C)C(=O)N2CCNCC2)cc1. The van der Waals surface area contributed by atoms with Crippen molar-refractivity contribution < 1.29 is 39.5 Å². The molecule has 2 aliphatic heterocycles. The fourth-order valence-electron chi connectivity index (χ4n) is 5.17. The summed E-state index contributed by atoms with van der Waals surface area (Å²) in [6.07, 6.45) is -3.57. The van der Waals surface area contributed by atoms with Gasteiger partial charge in [-0.05, 0) is 37.0 Å². The Hall–Kier alpha value is -3.33. The predicted octanol–water partition coefficient (Wildman–Crippen LogP) is -0.358. The lowest BCUT2D eigenvalue weighted by atomic mass is 9.98. The average Bonchev–Trinajstić information content (AvgIpc) is 3.38. The number of aromatic amines is 1. The lowest BCUT2D eigenvalue weighted by Gasteiger charge is -2.39. The normalized spacial score (nSPS) is 24.9. The fourth-order valence-corrected chi connectivity index (χ4v) is 5.17. The number of H-pyrrole nitrogens is 1. The van der Waals surface area contributed by atoms with E-state index >= 15 is 0 Å². The number of ether oxygens (including phenoxy) is 2. The number of hydrogen-bond acceptors (Lipinski definition) is 10. The van der Waals surface area contributed by atoms with Crippen molar-refractivity contribution in [3.8, 4) is 5.88 Å². The minimum absolute atomic E-state index is 0.0677. The van der Waals surface area contributed by atoms with Crippen molar-refractivity contribution in [3.05, 3.63) is 52.7 Å². The van der Waals surface area contributed by atoms with E-state index in [1.807, 2.05) is 38.1 Å². The molecule has 7 N–H and O–H groups in total. The molecule has 4 rings (SSSR count). The van der Waals surface area contributed by atoms with Crippen LogP contribution in [0.3, 0.4) is 0 Å². The molecule has 0 bridgehead atoms. The second kappa shape index (κ2) is 14.0. The van der Waals surface area contributed by atoms with Gasteiger partial charge in [0.2, 0.25) is 24.0 Å². The Morgan fingerprint density at radius 1 is 1.14 bits per heavy atom. The second-order valence-electron chi connectivity index (χ2n) is 11.8. The fraction of sp³-hybridized carbons (Fsp3) is 0.567. The molecule has 2 saturated heterocycles. The number of nitrogens with zero attached hydrogens (tertiary/aromatic N) is 2. The van der Waals surface area contributed by atoms with E-state index in [0.29, 0.717) is 19.5 Å². The number of carbonyl (C=O) groups excluding carboxylic acids is 2. The zero-order chi connectivity index (χ0) is 31.3. The Morgan fingerprint density at radius 3 is 2.44 bits per heavy atom. The van der Waals surface area contributed by atoms with Gasteiger partial charge in [0.05, 0.1) is 6.61 Å². The zero-order valence-corrected chi connectivity index (χ0v) is 25.0. The molecule has 2 aromatic rings. The van der Waals surface area contributed by atoms with Crippen LogP contribution in [0.15, 0.2) is 30.3 Å². The maximum Gasteiger partial charge on any atom is 0.247 e. The number of rotatable bonds is 10. The number of amides is 2. The first-order valence-electron chi connectivity index (χ1n) is 14.5. The van der Waals surface area contributed by atoms with E-state index in [4.69, 9.17) is 9.47 Å². The molecule has 43 heavy (non-hydrogen) atoms. The summed E-state index contributed by atoms with van der Waals surface area (Å²) in [5, 5.41) is 53.3. The first-order chi connectivity index (χ1) is 20.4. The summed E-state index contributed by atoms with van der Waals surface area (Å²) in [5.74, 6) is -0.243. The molecule has 0 radical (unpaired) electrons. The second-order valence-corrected chi connectivity index (χ2v) is 11.8. The van der Waals surface area contributed by atoms with E-state index in [1.54, 1.807) is 24.8 Å². The van der Waals surface area contributed by atoms with E-state index < -0.39 is 42.9 Å². The van der Waals surface area contributed by atoms with Gasteiger partial charge in [0, 0.05) is 49.9 Å². The maximum atomic E-state index is 12.9. The highest BCUT2D eigenvalue weighted by molar-refractivity contribution is 5.97. The number of aliphatic hydroxyl groups excluding tert-OH is 4. The number of aliphatic hydroxyl groups is 4. The van der Waals surface area contributed by atoms with Gasteiger partial charge in [-0.15, -0.1) is 5.10 Å². The molecule has 13 heteroatoms. The van der Waals surface area contributed by atoms with E-state index in [-0.39, 0.29) is 23.6 Å². The molecule has 2 fully saturated rings. The van der Waals surface area contributed by atoms with E-state index in [9.17, 15) is 30.0 Å². The van der Waals surface area contributed by atoms with Gasteiger partial charge in [-0.3, -0.25) is 14.7 Å². The highest BCUT2D eigenvalue weighted by Gasteiger charge is 2.45. The van der Waals surface area contributed by atoms with Gasteiger partial charge in [-0.2, -0.15) is 0 Å². The summed E-state index contributed by atoms with van der Waals surface area (Å²) in [6, 6.07) is 7.54. The third-order valence-corrected chi connectivity index (χ3v) is 7.68. The monoisotopic (exact) mass is 601 g/mol. The topological polar surface area (TPSA) is 190 Å². The Labute approximate surface area is 250 Å². The molecule has 1 aromatic heterocycles. The molecule has 0 unspecified atom stereocenters. The highest BCUT2D eigenvalue weighted by atomic mass is 16.7. The molecule has 13 nitrogen and oxygen atoms in total. The average molecular weight is 602 g/mol. The lowest BCUT2D eigenvalue weighted by molar-refractivity contribution is -0.278. The lowest BCUT2D eigenvalue weighted by Crippen LogP contribution is -2.60. The predicted molar refractivity (Wildman–Crippen MR) is 157 cm³/mol. The Bertz CT molecular complexity index is 1270. The smallest absolute Gasteiger partial charge is 0.247 e. The number of nitrogens with one attached hydrogen (secondary N) is 3. The van der Waals surface area contributed by atoms with E-state index in [2.05, 4.69) is 20.8 Å². The van der Waals surface area contributed by atoms with Crippen LogP contribution >= 0.6 is 0 Å². The van der Waals surface area contributed by atoms with Crippen molar-refractivity contribution in [2.75, 3.05) is 32.8 Å². The van der Waals surface area contributed by atoms with Crippen LogP contribution in [0.25, 0.3) is 6.08 Å². The molecule has 3 heterocycles. The Balaban J connectivity index is 1.41.